The van der Waals surface area contributed by atoms with Crippen LogP contribution in [-0.2, 0) is 9.05 Å². The van der Waals surface area contributed by atoms with Crippen molar-refractivity contribution in [3.63, 3.8) is 0 Å². The van der Waals surface area contributed by atoms with Crippen LogP contribution in [0.25, 0.3) is 0 Å². The molecule has 0 saturated heterocycles. The monoisotopic (exact) mass is 216 g/mol. The molecule has 4 heteroatoms. The third kappa shape index (κ3) is 2.57. The molecular formula is C9H9ClO2S. The third-order valence-electron chi connectivity index (χ3n) is 1.65. The van der Waals surface area contributed by atoms with Gasteiger partial charge in [-0.15, -0.1) is 6.58 Å². The molecule has 1 aromatic rings. The molecule has 1 aromatic carbocycles. The van der Waals surface area contributed by atoms with Crippen molar-refractivity contribution in [2.24, 2.45) is 0 Å². The molecule has 13 heavy (non-hydrogen) atoms. The Bertz CT molecular complexity index is 383. The topological polar surface area (TPSA) is 34.1 Å². The van der Waals surface area contributed by atoms with Gasteiger partial charge in [0.05, 0.1) is 0 Å². The van der Waals surface area contributed by atoms with E-state index in [1.807, 2.05) is 6.07 Å². The van der Waals surface area contributed by atoms with E-state index in [9.17, 15) is 8.42 Å². The van der Waals surface area contributed by atoms with Crippen molar-refractivity contribution in [2.45, 2.75) is 5.25 Å². The van der Waals surface area contributed by atoms with E-state index in [2.05, 4.69) is 6.58 Å². The summed E-state index contributed by atoms with van der Waals surface area (Å²) >= 11 is 0. The highest BCUT2D eigenvalue weighted by Crippen LogP contribution is 2.25. The molecule has 0 aliphatic carbocycles. The SMILES string of the molecule is C=CC(c1ccccc1)S(=O)(=O)Cl. The molecule has 0 aliphatic heterocycles. The van der Waals surface area contributed by atoms with Gasteiger partial charge in [-0.05, 0) is 5.56 Å². The van der Waals surface area contributed by atoms with Crippen LogP contribution in [-0.4, -0.2) is 8.42 Å². The lowest BCUT2D eigenvalue weighted by molar-refractivity contribution is 0.604. The summed E-state index contributed by atoms with van der Waals surface area (Å²) in [6, 6.07) is 8.73. The fourth-order valence-electron chi connectivity index (χ4n) is 1.06. The minimum atomic E-state index is -3.61. The van der Waals surface area contributed by atoms with Gasteiger partial charge in [0.25, 0.3) is 0 Å². The first-order valence-corrected chi connectivity index (χ1v) is 6.04. The predicted octanol–water partition coefficient (Wildman–Crippen LogP) is 2.48. The molecule has 0 amide bonds. The van der Waals surface area contributed by atoms with Crippen LogP contribution in [0.4, 0.5) is 0 Å². The minimum absolute atomic E-state index is 0.632. The average molecular weight is 217 g/mol. The van der Waals surface area contributed by atoms with Crippen molar-refractivity contribution in [2.75, 3.05) is 0 Å². The van der Waals surface area contributed by atoms with Gasteiger partial charge in [-0.1, -0.05) is 36.4 Å². The molecule has 1 atom stereocenters. The van der Waals surface area contributed by atoms with Crippen LogP contribution in [0.15, 0.2) is 43.0 Å². The molecule has 1 unspecified atom stereocenters. The average Bonchev–Trinajstić information content (AvgIpc) is 2.05. The second kappa shape index (κ2) is 3.94. The zero-order chi connectivity index (χ0) is 9.90. The first-order chi connectivity index (χ1) is 6.05. The Morgan fingerprint density at radius 3 is 2.23 bits per heavy atom. The molecule has 0 N–H and O–H groups in total. The van der Waals surface area contributed by atoms with Gasteiger partial charge in [-0.2, -0.15) is 0 Å². The normalized spacial score (nSPS) is 13.6. The number of hydrogen-bond donors (Lipinski definition) is 0. The fourth-order valence-corrected chi connectivity index (χ4v) is 2.30. The minimum Gasteiger partial charge on any atom is -0.211 e. The molecule has 0 aliphatic rings. The molecule has 0 aromatic heterocycles. The molecule has 0 saturated carbocycles. The molecule has 70 valence electrons. The van der Waals surface area contributed by atoms with Gasteiger partial charge >= 0.3 is 0 Å². The van der Waals surface area contributed by atoms with Gasteiger partial charge in [0.2, 0.25) is 9.05 Å². The Hall–Kier alpha value is -0.800. The van der Waals surface area contributed by atoms with E-state index in [4.69, 9.17) is 10.7 Å². The molecule has 0 spiro atoms. The summed E-state index contributed by atoms with van der Waals surface area (Å²) in [5.74, 6) is 0. The smallest absolute Gasteiger partial charge is 0.211 e. The Labute approximate surface area is 82.3 Å². The molecule has 0 fully saturated rings. The van der Waals surface area contributed by atoms with Crippen LogP contribution < -0.4 is 0 Å². The molecular weight excluding hydrogens is 208 g/mol. The highest BCUT2D eigenvalue weighted by molar-refractivity contribution is 8.14. The van der Waals surface area contributed by atoms with E-state index in [1.165, 1.54) is 6.08 Å². The summed E-state index contributed by atoms with van der Waals surface area (Å²) in [6.45, 7) is 3.44. The van der Waals surface area contributed by atoms with Crippen LogP contribution in [0.1, 0.15) is 10.8 Å². The van der Waals surface area contributed by atoms with E-state index >= 15 is 0 Å². The van der Waals surface area contributed by atoms with Crippen molar-refractivity contribution in [1.82, 2.24) is 0 Å². The summed E-state index contributed by atoms with van der Waals surface area (Å²) in [7, 11) is 1.62. The van der Waals surface area contributed by atoms with Gasteiger partial charge in [0.15, 0.2) is 0 Å². The van der Waals surface area contributed by atoms with Gasteiger partial charge in [0, 0.05) is 10.7 Å². The van der Waals surface area contributed by atoms with Crippen molar-refractivity contribution in [3.05, 3.63) is 48.6 Å². The molecule has 0 bridgehead atoms. The Kier molecular flexibility index (Phi) is 3.12. The summed E-state index contributed by atoms with van der Waals surface area (Å²) in [4.78, 5) is 0. The standard InChI is InChI=1S/C9H9ClO2S/c1-2-9(13(10,11)12)8-6-4-3-5-7-8/h2-7,9H,1H2. The summed E-state index contributed by atoms with van der Waals surface area (Å²) in [5.41, 5.74) is 0.632. The Morgan fingerprint density at radius 1 is 1.31 bits per heavy atom. The summed E-state index contributed by atoms with van der Waals surface area (Å²) < 4.78 is 22.1. The van der Waals surface area contributed by atoms with E-state index < -0.39 is 14.3 Å². The Balaban J connectivity index is 3.13. The van der Waals surface area contributed by atoms with Crippen LogP contribution in [0.2, 0.25) is 0 Å². The number of hydrogen-bond acceptors (Lipinski definition) is 2. The molecule has 0 radical (unpaired) electrons. The molecule has 1 rings (SSSR count). The van der Waals surface area contributed by atoms with Crippen molar-refractivity contribution in [1.29, 1.82) is 0 Å². The summed E-state index contributed by atoms with van der Waals surface area (Å²) in [6.07, 6.45) is 1.32. The largest absolute Gasteiger partial charge is 0.243 e. The number of benzene rings is 1. The number of rotatable bonds is 3. The van der Waals surface area contributed by atoms with Gasteiger partial charge in [-0.3, -0.25) is 0 Å². The maximum absolute atomic E-state index is 11.1. The Morgan fingerprint density at radius 2 is 1.85 bits per heavy atom. The van der Waals surface area contributed by atoms with E-state index in [0.29, 0.717) is 5.56 Å². The number of halogens is 1. The van der Waals surface area contributed by atoms with Crippen molar-refractivity contribution in [3.8, 4) is 0 Å². The predicted molar refractivity (Wildman–Crippen MR) is 54.2 cm³/mol. The van der Waals surface area contributed by atoms with Crippen LogP contribution in [0.5, 0.6) is 0 Å². The molecule has 0 heterocycles. The zero-order valence-corrected chi connectivity index (χ0v) is 8.42. The first kappa shape index (κ1) is 10.3. The second-order valence-corrected chi connectivity index (χ2v) is 5.29. The van der Waals surface area contributed by atoms with Crippen LogP contribution in [0.3, 0.4) is 0 Å². The lowest BCUT2D eigenvalue weighted by Gasteiger charge is -2.07. The zero-order valence-electron chi connectivity index (χ0n) is 6.85. The van der Waals surface area contributed by atoms with E-state index in [-0.39, 0.29) is 0 Å². The van der Waals surface area contributed by atoms with Crippen molar-refractivity contribution < 1.29 is 8.42 Å². The maximum atomic E-state index is 11.1. The fraction of sp³-hybridized carbons (Fsp3) is 0.111. The quantitative estimate of drug-likeness (QED) is 0.575. The van der Waals surface area contributed by atoms with Crippen LogP contribution >= 0.6 is 10.7 Å². The van der Waals surface area contributed by atoms with Crippen LogP contribution in [0, 0.1) is 0 Å². The second-order valence-electron chi connectivity index (χ2n) is 2.54. The van der Waals surface area contributed by atoms with Gasteiger partial charge in [0.1, 0.15) is 5.25 Å². The first-order valence-electron chi connectivity index (χ1n) is 3.66. The highest BCUT2D eigenvalue weighted by Gasteiger charge is 2.20. The lowest BCUT2D eigenvalue weighted by Crippen LogP contribution is -2.03. The summed E-state index contributed by atoms with van der Waals surface area (Å²) in [5, 5.41) is -0.824. The highest BCUT2D eigenvalue weighted by atomic mass is 35.7. The van der Waals surface area contributed by atoms with Gasteiger partial charge in [-0.25, -0.2) is 8.42 Å². The van der Waals surface area contributed by atoms with Gasteiger partial charge < -0.3 is 0 Å². The maximum Gasteiger partial charge on any atom is 0.243 e. The third-order valence-corrected chi connectivity index (χ3v) is 3.29. The van der Waals surface area contributed by atoms with Crippen molar-refractivity contribution >= 4 is 19.7 Å². The molecule has 2 nitrogen and oxygen atoms in total. The lowest BCUT2D eigenvalue weighted by atomic mass is 10.1. The van der Waals surface area contributed by atoms with E-state index in [0.717, 1.165) is 0 Å². The van der Waals surface area contributed by atoms with E-state index in [1.54, 1.807) is 24.3 Å².